The molecule has 1 aromatic rings. The summed E-state index contributed by atoms with van der Waals surface area (Å²) >= 11 is 4.02. The number of carbonyl (C=O) groups is 3. The third-order valence-electron chi connectivity index (χ3n) is 4.18. The number of thioether (sulfide) groups is 1. The topological polar surface area (TPSA) is 96.4 Å². The van der Waals surface area contributed by atoms with Crippen LogP contribution in [0.25, 0.3) is 6.08 Å². The summed E-state index contributed by atoms with van der Waals surface area (Å²) in [7, 11) is 0. The van der Waals surface area contributed by atoms with Crippen molar-refractivity contribution in [2.75, 3.05) is 39.5 Å². The van der Waals surface area contributed by atoms with Gasteiger partial charge in [-0.25, -0.2) is 0 Å². The summed E-state index contributed by atoms with van der Waals surface area (Å²) in [5, 5.41) is 9.51. The third-order valence-corrected chi connectivity index (χ3v) is 5.69. The van der Waals surface area contributed by atoms with Gasteiger partial charge < -0.3 is 19.5 Å². The summed E-state index contributed by atoms with van der Waals surface area (Å²) in [4.78, 5) is 40.0. The molecule has 0 aromatic heterocycles. The number of aromatic hydroxyl groups is 1. The van der Waals surface area contributed by atoms with Crippen molar-refractivity contribution < 1.29 is 29.0 Å². The minimum absolute atomic E-state index is 0.0387. The monoisotopic (exact) mass is 470 g/mol. The molecule has 2 saturated heterocycles. The van der Waals surface area contributed by atoms with Gasteiger partial charge in [-0.2, -0.15) is 0 Å². The molecule has 0 unspecified atom stereocenters. The van der Waals surface area contributed by atoms with E-state index in [0.29, 0.717) is 42.9 Å². The van der Waals surface area contributed by atoms with Crippen molar-refractivity contribution in [1.29, 1.82) is 0 Å². The molecule has 3 amide bonds. The highest BCUT2D eigenvalue weighted by Gasteiger charge is 2.37. The molecule has 1 aromatic carbocycles. The van der Waals surface area contributed by atoms with E-state index < -0.39 is 11.1 Å². The average molecular weight is 471 g/mol. The number of phenolic OH excluding ortho intramolecular Hbond substituents is 1. The fourth-order valence-electron chi connectivity index (χ4n) is 2.78. The second-order valence-corrected chi connectivity index (χ2v) is 7.89. The Morgan fingerprint density at radius 1 is 1.36 bits per heavy atom. The molecule has 3 rings (SSSR count). The number of ether oxygens (including phenoxy) is 2. The maximum Gasteiger partial charge on any atom is 0.294 e. The first kappa shape index (κ1) is 20.7. The second-order valence-electron chi connectivity index (χ2n) is 6.04. The maximum absolute atomic E-state index is 12.6. The molecule has 0 atom stereocenters. The van der Waals surface area contributed by atoms with Crippen molar-refractivity contribution in [2.45, 2.75) is 6.92 Å². The minimum Gasteiger partial charge on any atom is -0.503 e. The van der Waals surface area contributed by atoms with Gasteiger partial charge in [0, 0.05) is 13.1 Å². The number of rotatable bonds is 5. The molecule has 2 aliphatic heterocycles. The van der Waals surface area contributed by atoms with Crippen LogP contribution < -0.4 is 4.74 Å². The fraction of sp³-hybridized carbons (Fsp3) is 0.389. The Kier molecular flexibility index (Phi) is 6.63. The zero-order chi connectivity index (χ0) is 20.3. The summed E-state index contributed by atoms with van der Waals surface area (Å²) in [5.74, 6) is -0.565. The number of nitrogens with zero attached hydrogens (tertiary/aromatic N) is 2. The molecule has 28 heavy (non-hydrogen) atoms. The van der Waals surface area contributed by atoms with Crippen LogP contribution >= 0.6 is 27.7 Å². The van der Waals surface area contributed by atoms with E-state index in [9.17, 15) is 19.5 Å². The van der Waals surface area contributed by atoms with Crippen molar-refractivity contribution in [1.82, 2.24) is 9.80 Å². The van der Waals surface area contributed by atoms with Crippen LogP contribution in [0.5, 0.6) is 11.5 Å². The lowest BCUT2D eigenvalue weighted by atomic mass is 10.2. The predicted molar refractivity (Wildman–Crippen MR) is 107 cm³/mol. The summed E-state index contributed by atoms with van der Waals surface area (Å²) in [5.41, 5.74) is 0.582. The Morgan fingerprint density at radius 2 is 2.07 bits per heavy atom. The minimum atomic E-state index is -0.515. The van der Waals surface area contributed by atoms with Gasteiger partial charge in [0.1, 0.15) is 6.54 Å². The van der Waals surface area contributed by atoms with Gasteiger partial charge in [0.15, 0.2) is 11.5 Å². The molecular formula is C18H19BrN2O6S. The fourth-order valence-corrected chi connectivity index (χ4v) is 4.08. The van der Waals surface area contributed by atoms with Crippen LogP contribution in [0, 0.1) is 0 Å². The highest BCUT2D eigenvalue weighted by molar-refractivity contribution is 9.10. The number of hydrogen-bond donors (Lipinski definition) is 1. The largest absolute Gasteiger partial charge is 0.503 e. The van der Waals surface area contributed by atoms with E-state index in [4.69, 9.17) is 9.47 Å². The van der Waals surface area contributed by atoms with Crippen LogP contribution in [0.2, 0.25) is 0 Å². The molecule has 2 fully saturated rings. The van der Waals surface area contributed by atoms with Crippen molar-refractivity contribution in [3.05, 3.63) is 27.1 Å². The lowest BCUT2D eigenvalue weighted by molar-refractivity contribution is -0.139. The highest BCUT2D eigenvalue weighted by atomic mass is 79.9. The van der Waals surface area contributed by atoms with Crippen molar-refractivity contribution >= 4 is 50.8 Å². The Hall–Kier alpha value is -2.04. The quantitative estimate of drug-likeness (QED) is 0.660. The highest BCUT2D eigenvalue weighted by Crippen LogP contribution is 2.38. The van der Waals surface area contributed by atoms with Crippen LogP contribution in [0.15, 0.2) is 21.5 Å². The van der Waals surface area contributed by atoms with E-state index in [1.807, 2.05) is 0 Å². The second kappa shape index (κ2) is 8.97. The Balaban J connectivity index is 1.76. The normalized spacial score (nSPS) is 18.9. The van der Waals surface area contributed by atoms with Crippen LogP contribution in [0.3, 0.4) is 0 Å². The number of morpholine rings is 1. The van der Waals surface area contributed by atoms with E-state index in [1.54, 1.807) is 24.0 Å². The number of benzene rings is 1. The lowest BCUT2D eigenvalue weighted by Gasteiger charge is -2.28. The molecule has 10 heteroatoms. The number of hydrogen-bond acceptors (Lipinski definition) is 7. The van der Waals surface area contributed by atoms with E-state index in [1.165, 1.54) is 6.08 Å². The molecule has 0 radical (unpaired) electrons. The molecule has 2 heterocycles. The average Bonchev–Trinajstić information content (AvgIpc) is 2.94. The van der Waals surface area contributed by atoms with Crippen LogP contribution in [0.1, 0.15) is 12.5 Å². The number of halogens is 1. The van der Waals surface area contributed by atoms with Crippen LogP contribution in [0.4, 0.5) is 4.79 Å². The zero-order valence-electron chi connectivity index (χ0n) is 15.1. The summed E-state index contributed by atoms with van der Waals surface area (Å²) in [6.07, 6.45) is 1.54. The molecular weight excluding hydrogens is 452 g/mol. The Morgan fingerprint density at radius 3 is 2.75 bits per heavy atom. The molecule has 0 aliphatic carbocycles. The summed E-state index contributed by atoms with van der Waals surface area (Å²) < 4.78 is 11.0. The molecule has 0 bridgehead atoms. The van der Waals surface area contributed by atoms with Gasteiger partial charge in [-0.15, -0.1) is 0 Å². The van der Waals surface area contributed by atoms with Gasteiger partial charge in [-0.05, 0) is 58.4 Å². The molecule has 8 nitrogen and oxygen atoms in total. The first-order valence-electron chi connectivity index (χ1n) is 8.67. The van der Waals surface area contributed by atoms with E-state index in [-0.39, 0.29) is 28.9 Å². The summed E-state index contributed by atoms with van der Waals surface area (Å²) in [6, 6.07) is 3.20. The zero-order valence-corrected chi connectivity index (χ0v) is 17.5. The van der Waals surface area contributed by atoms with Gasteiger partial charge in [0.2, 0.25) is 5.91 Å². The van der Waals surface area contributed by atoms with E-state index in [2.05, 4.69) is 15.9 Å². The van der Waals surface area contributed by atoms with Gasteiger partial charge in [0.05, 0.1) is 29.2 Å². The number of amides is 3. The predicted octanol–water partition coefficient (Wildman–Crippen LogP) is 2.45. The smallest absolute Gasteiger partial charge is 0.294 e. The SMILES string of the molecule is CCOc1cc(/C=C2/SC(=O)N(CC(=O)N3CCOCC3)C2=O)cc(Br)c1O. The summed E-state index contributed by atoms with van der Waals surface area (Å²) in [6.45, 7) is 3.67. The Bertz CT molecular complexity index is 838. The van der Waals surface area contributed by atoms with Gasteiger partial charge >= 0.3 is 0 Å². The first-order valence-corrected chi connectivity index (χ1v) is 10.3. The first-order chi connectivity index (χ1) is 13.4. The lowest BCUT2D eigenvalue weighted by Crippen LogP contribution is -2.46. The molecule has 0 saturated carbocycles. The van der Waals surface area contributed by atoms with E-state index >= 15 is 0 Å². The molecule has 150 valence electrons. The molecule has 1 N–H and O–H groups in total. The molecule has 2 aliphatic rings. The maximum atomic E-state index is 12.6. The van der Waals surface area contributed by atoms with Gasteiger partial charge in [0.25, 0.3) is 11.1 Å². The van der Waals surface area contributed by atoms with Crippen LogP contribution in [-0.2, 0) is 14.3 Å². The van der Waals surface area contributed by atoms with Crippen molar-refractivity contribution in [3.63, 3.8) is 0 Å². The number of carbonyl (C=O) groups excluding carboxylic acids is 3. The van der Waals surface area contributed by atoms with Crippen molar-refractivity contribution in [2.24, 2.45) is 0 Å². The van der Waals surface area contributed by atoms with Crippen molar-refractivity contribution in [3.8, 4) is 11.5 Å². The number of phenols is 1. The van der Waals surface area contributed by atoms with Crippen LogP contribution in [-0.4, -0.2) is 71.4 Å². The Labute approximate surface area is 174 Å². The standard InChI is InChI=1S/C18H19BrN2O6S/c1-2-27-13-8-11(7-12(19)16(13)23)9-14-17(24)21(18(25)28-14)10-15(22)20-3-5-26-6-4-20/h7-9,23H,2-6,10H2,1H3/b14-9+. The third kappa shape index (κ3) is 4.50. The number of imide groups is 1. The van der Waals surface area contributed by atoms with Gasteiger partial charge in [-0.1, -0.05) is 0 Å². The van der Waals surface area contributed by atoms with E-state index in [0.717, 1.165) is 16.7 Å². The molecule has 0 spiro atoms. The van der Waals surface area contributed by atoms with Gasteiger partial charge in [-0.3, -0.25) is 19.3 Å².